The summed E-state index contributed by atoms with van der Waals surface area (Å²) in [7, 11) is 0. The fourth-order valence-electron chi connectivity index (χ4n) is 3.83. The Morgan fingerprint density at radius 3 is 2.21 bits per heavy atom. The van der Waals surface area contributed by atoms with E-state index >= 15 is 0 Å². The number of hydrogen-bond donors (Lipinski definition) is 1. The molecule has 4 rings (SSSR count). The molecule has 0 spiro atoms. The molecule has 1 aliphatic rings. The molecule has 0 saturated carbocycles. The molecule has 0 radical (unpaired) electrons. The van der Waals surface area contributed by atoms with Gasteiger partial charge < -0.3 is 9.84 Å². The van der Waals surface area contributed by atoms with Gasteiger partial charge in [0.1, 0.15) is 5.75 Å². The first-order valence-electron chi connectivity index (χ1n) is 9.31. The lowest BCUT2D eigenvalue weighted by Gasteiger charge is -2.14. The Kier molecular flexibility index (Phi) is 4.54. The topological polar surface area (TPSA) is 83.9 Å². The first-order chi connectivity index (χ1) is 13.9. The highest BCUT2D eigenvalue weighted by Gasteiger charge is 2.41. The Bertz CT molecular complexity index is 1160. The minimum atomic E-state index is -0.942. The number of rotatable bonds is 5. The molecular weight excluding hydrogens is 370 g/mol. The number of anilines is 1. The molecule has 1 heterocycles. The van der Waals surface area contributed by atoms with E-state index in [9.17, 15) is 14.4 Å². The van der Waals surface area contributed by atoms with Crippen molar-refractivity contribution in [3.05, 3.63) is 70.8 Å². The summed E-state index contributed by atoms with van der Waals surface area (Å²) in [5.74, 6) is -1.36. The van der Waals surface area contributed by atoms with Gasteiger partial charge in [0.25, 0.3) is 11.8 Å². The van der Waals surface area contributed by atoms with Crippen molar-refractivity contribution in [3.63, 3.8) is 0 Å². The van der Waals surface area contributed by atoms with Crippen molar-refractivity contribution in [1.29, 1.82) is 0 Å². The number of benzene rings is 3. The van der Waals surface area contributed by atoms with Crippen molar-refractivity contribution in [2.24, 2.45) is 0 Å². The summed E-state index contributed by atoms with van der Waals surface area (Å²) in [5, 5.41) is 10.6. The Hall–Kier alpha value is -3.67. The quantitative estimate of drug-likeness (QED) is 0.668. The van der Waals surface area contributed by atoms with Crippen molar-refractivity contribution in [1.82, 2.24) is 0 Å². The number of hydrogen-bond acceptors (Lipinski definition) is 4. The number of amides is 2. The lowest BCUT2D eigenvalue weighted by atomic mass is 9.95. The third-order valence-electron chi connectivity index (χ3n) is 5.10. The van der Waals surface area contributed by atoms with Crippen LogP contribution < -0.4 is 9.64 Å². The minimum Gasteiger partial charge on any atom is -0.492 e. The maximum Gasteiger partial charge on any atom is 0.307 e. The highest BCUT2D eigenvalue weighted by molar-refractivity contribution is 6.37. The van der Waals surface area contributed by atoms with Gasteiger partial charge in [-0.1, -0.05) is 36.4 Å². The molecule has 0 aromatic heterocycles. The zero-order valence-corrected chi connectivity index (χ0v) is 16.1. The van der Waals surface area contributed by atoms with Gasteiger partial charge in [-0.15, -0.1) is 0 Å². The van der Waals surface area contributed by atoms with Crippen LogP contribution in [0.25, 0.3) is 10.8 Å². The minimum absolute atomic E-state index is 0.124. The van der Waals surface area contributed by atoms with E-state index in [1.54, 1.807) is 24.3 Å². The molecule has 0 bridgehead atoms. The van der Waals surface area contributed by atoms with Crippen LogP contribution in [0.1, 0.15) is 38.8 Å². The lowest BCUT2D eigenvalue weighted by molar-refractivity contribution is -0.136. The maximum atomic E-state index is 13.3. The molecule has 0 atom stereocenters. The van der Waals surface area contributed by atoms with Crippen molar-refractivity contribution in [3.8, 4) is 5.75 Å². The summed E-state index contributed by atoms with van der Waals surface area (Å²) in [4.78, 5) is 38.5. The molecule has 1 N–H and O–H groups in total. The van der Waals surface area contributed by atoms with Crippen molar-refractivity contribution in [2.45, 2.75) is 20.3 Å². The summed E-state index contributed by atoms with van der Waals surface area (Å²) in [6.45, 7) is 4.04. The van der Waals surface area contributed by atoms with Gasteiger partial charge in [0.05, 0.1) is 29.8 Å². The van der Waals surface area contributed by atoms with Gasteiger partial charge >= 0.3 is 5.97 Å². The van der Waals surface area contributed by atoms with Crippen LogP contribution in [0, 0.1) is 6.92 Å². The monoisotopic (exact) mass is 389 g/mol. The zero-order chi connectivity index (χ0) is 20.7. The number of fused-ring (bicyclic) bond motifs is 2. The van der Waals surface area contributed by atoms with Gasteiger partial charge in [0, 0.05) is 5.39 Å². The lowest BCUT2D eigenvalue weighted by Crippen LogP contribution is -2.29. The van der Waals surface area contributed by atoms with E-state index in [0.29, 0.717) is 29.2 Å². The highest BCUT2D eigenvalue weighted by Crippen LogP contribution is 2.42. The molecular formula is C23H19NO5. The zero-order valence-electron chi connectivity index (χ0n) is 16.1. The van der Waals surface area contributed by atoms with Crippen LogP contribution in [-0.4, -0.2) is 29.5 Å². The number of imide groups is 1. The molecule has 6 heteroatoms. The van der Waals surface area contributed by atoms with Gasteiger partial charge in [-0.05, 0) is 42.5 Å². The molecule has 0 unspecified atom stereocenters. The van der Waals surface area contributed by atoms with E-state index < -0.39 is 17.8 Å². The molecule has 29 heavy (non-hydrogen) atoms. The van der Waals surface area contributed by atoms with Gasteiger partial charge in [0.15, 0.2) is 0 Å². The maximum absolute atomic E-state index is 13.3. The van der Waals surface area contributed by atoms with Gasteiger partial charge in [-0.3, -0.25) is 14.4 Å². The van der Waals surface area contributed by atoms with Crippen LogP contribution in [0.4, 0.5) is 5.69 Å². The predicted molar refractivity (Wildman–Crippen MR) is 109 cm³/mol. The number of carbonyl (C=O) groups is 3. The number of carboxylic acids is 1. The van der Waals surface area contributed by atoms with E-state index in [4.69, 9.17) is 9.84 Å². The van der Waals surface area contributed by atoms with Crippen LogP contribution >= 0.6 is 0 Å². The van der Waals surface area contributed by atoms with Crippen LogP contribution in [0.2, 0.25) is 0 Å². The normalized spacial score (nSPS) is 13.1. The fourth-order valence-corrected chi connectivity index (χ4v) is 3.83. The number of aliphatic carboxylic acids is 1. The van der Waals surface area contributed by atoms with Crippen molar-refractivity contribution < 1.29 is 24.2 Å². The van der Waals surface area contributed by atoms with E-state index in [1.807, 2.05) is 38.1 Å². The van der Waals surface area contributed by atoms with E-state index in [2.05, 4.69) is 0 Å². The molecule has 6 nitrogen and oxygen atoms in total. The van der Waals surface area contributed by atoms with Crippen LogP contribution in [-0.2, 0) is 11.2 Å². The van der Waals surface area contributed by atoms with Crippen molar-refractivity contribution >= 4 is 34.2 Å². The van der Waals surface area contributed by atoms with E-state index in [-0.39, 0.29) is 12.0 Å². The fraction of sp³-hybridized carbons (Fsp3) is 0.174. The molecule has 3 aromatic rings. The SMILES string of the molecule is CCOc1c2c(c(C)c3ccccc13)C(=O)N(c1ccc(CC(=O)O)cc1)C2=O. The highest BCUT2D eigenvalue weighted by atomic mass is 16.5. The van der Waals surface area contributed by atoms with Gasteiger partial charge in [-0.2, -0.15) is 0 Å². The second kappa shape index (κ2) is 7.05. The number of carbonyl (C=O) groups excluding carboxylic acids is 2. The summed E-state index contributed by atoms with van der Waals surface area (Å²) in [5.41, 5.74) is 2.36. The third kappa shape index (κ3) is 2.93. The Morgan fingerprint density at radius 1 is 0.966 bits per heavy atom. The molecule has 0 saturated heterocycles. The molecule has 2 amide bonds. The van der Waals surface area contributed by atoms with E-state index in [0.717, 1.165) is 21.2 Å². The smallest absolute Gasteiger partial charge is 0.307 e. The van der Waals surface area contributed by atoms with Crippen LogP contribution in [0.3, 0.4) is 0 Å². The average molecular weight is 389 g/mol. The second-order valence-electron chi connectivity index (χ2n) is 6.87. The predicted octanol–water partition coefficient (Wildman–Crippen LogP) is 3.97. The second-order valence-corrected chi connectivity index (χ2v) is 6.87. The number of aryl methyl sites for hydroxylation is 1. The van der Waals surface area contributed by atoms with Gasteiger partial charge in [0.2, 0.25) is 0 Å². The third-order valence-corrected chi connectivity index (χ3v) is 5.10. The largest absolute Gasteiger partial charge is 0.492 e. The van der Waals surface area contributed by atoms with Crippen molar-refractivity contribution in [2.75, 3.05) is 11.5 Å². The first kappa shape index (κ1) is 18.7. The summed E-state index contributed by atoms with van der Waals surface area (Å²) in [6, 6.07) is 14.0. The molecule has 0 fully saturated rings. The van der Waals surface area contributed by atoms with Gasteiger partial charge in [-0.25, -0.2) is 4.90 Å². The summed E-state index contributed by atoms with van der Waals surface area (Å²) < 4.78 is 5.82. The van der Waals surface area contributed by atoms with E-state index in [1.165, 1.54) is 0 Å². The average Bonchev–Trinajstić information content (AvgIpc) is 2.96. The Morgan fingerprint density at radius 2 is 1.59 bits per heavy atom. The first-order valence-corrected chi connectivity index (χ1v) is 9.31. The number of ether oxygens (including phenoxy) is 1. The standard InChI is InChI=1S/C23H19NO5/c1-3-29-21-17-7-5-4-6-16(17)13(2)19-20(21)23(28)24(22(19)27)15-10-8-14(9-11-15)12-18(25)26/h4-11H,3,12H2,1-2H3,(H,25,26). The Labute approximate surface area is 167 Å². The Balaban J connectivity index is 1.87. The van der Waals surface area contributed by atoms with Crippen LogP contribution in [0.15, 0.2) is 48.5 Å². The number of carboxylic acid groups (broad SMARTS) is 1. The van der Waals surface area contributed by atoms with Crippen LogP contribution in [0.5, 0.6) is 5.75 Å². The molecule has 1 aliphatic heterocycles. The molecule has 0 aliphatic carbocycles. The summed E-state index contributed by atoms with van der Waals surface area (Å²) >= 11 is 0. The summed E-state index contributed by atoms with van der Waals surface area (Å²) in [6.07, 6.45) is -0.124. The molecule has 3 aromatic carbocycles. The number of nitrogens with zero attached hydrogens (tertiary/aromatic N) is 1. The molecule has 146 valence electrons.